The second kappa shape index (κ2) is 13.6. The van der Waals surface area contributed by atoms with E-state index in [0.29, 0.717) is 6.42 Å². The first-order valence-electron chi connectivity index (χ1n) is 15.2. The Morgan fingerprint density at radius 2 is 1.18 bits per heavy atom. The summed E-state index contributed by atoms with van der Waals surface area (Å²) in [5, 5.41) is 26.8. The summed E-state index contributed by atoms with van der Waals surface area (Å²) >= 11 is 0. The molecule has 1 saturated heterocycles. The molecule has 0 unspecified atom stereocenters. The van der Waals surface area contributed by atoms with E-state index in [2.05, 4.69) is 0 Å². The third kappa shape index (κ3) is 6.24. The lowest BCUT2D eigenvalue weighted by molar-refractivity contribution is -0.295. The van der Waals surface area contributed by atoms with Gasteiger partial charge >= 0.3 is 0 Å². The van der Waals surface area contributed by atoms with Crippen molar-refractivity contribution in [2.45, 2.75) is 80.7 Å². The van der Waals surface area contributed by atoms with Crippen molar-refractivity contribution < 1.29 is 29.2 Å². The maximum absolute atomic E-state index is 11.5. The number of nitrogens with two attached hydrogens (primary N) is 4. The molecule has 44 heavy (non-hydrogen) atoms. The summed E-state index contributed by atoms with van der Waals surface area (Å²) < 4.78 is 24.8. The Morgan fingerprint density at radius 3 is 1.77 bits per heavy atom. The number of aliphatic hydroxyl groups excluding tert-OH is 2. The average molecular weight is 603 g/mol. The maximum Gasteiger partial charge on any atom is 0.176 e. The van der Waals surface area contributed by atoms with Crippen molar-refractivity contribution in [3.63, 3.8) is 0 Å². The molecule has 0 spiro atoms. The number of fused-ring (bicyclic) bond motifs is 2. The third-order valence-electron chi connectivity index (χ3n) is 8.93. The molecule has 4 aromatic carbocycles. The maximum atomic E-state index is 11.5. The van der Waals surface area contributed by atoms with Crippen LogP contribution in [-0.2, 0) is 32.2 Å². The van der Waals surface area contributed by atoms with Gasteiger partial charge in [0.05, 0.1) is 19.3 Å². The van der Waals surface area contributed by atoms with Gasteiger partial charge in [-0.25, -0.2) is 0 Å². The summed E-state index contributed by atoms with van der Waals surface area (Å²) in [7, 11) is 0. The van der Waals surface area contributed by atoms with Crippen LogP contribution < -0.4 is 22.9 Å². The molecule has 10 N–H and O–H groups in total. The Balaban J connectivity index is 1.16. The Morgan fingerprint density at radius 1 is 0.659 bits per heavy atom. The standard InChI is InChI=1S/C34H42N4O6/c35-16-27-29(39)33(42-18-22-12-6-10-20-8-2-4-14-24(20)22)28(38)34(43-27)44-32-26(37)15-25(36)31(30(32)40)41-17-21-11-5-9-19-7-1-3-13-23(19)21/h1-14,25-34,39-40H,15-18,35-38H2/t25-,26+,27-,28-,29-,30-,31+,32-,33-,34-/m1/s1. The van der Waals surface area contributed by atoms with Gasteiger partial charge in [0.2, 0.25) is 0 Å². The lowest BCUT2D eigenvalue weighted by Gasteiger charge is -2.47. The Hall–Kier alpha value is -3.00. The average Bonchev–Trinajstić information content (AvgIpc) is 3.03. The van der Waals surface area contributed by atoms with Crippen LogP contribution in [0.25, 0.3) is 21.5 Å². The molecule has 10 heteroatoms. The van der Waals surface area contributed by atoms with E-state index in [-0.39, 0.29) is 19.8 Å². The van der Waals surface area contributed by atoms with E-state index >= 15 is 0 Å². The first-order chi connectivity index (χ1) is 21.4. The highest BCUT2D eigenvalue weighted by atomic mass is 16.7. The van der Waals surface area contributed by atoms with Crippen LogP contribution in [0, 0.1) is 0 Å². The molecular formula is C34H42N4O6. The van der Waals surface area contributed by atoms with Gasteiger partial charge in [0.1, 0.15) is 36.6 Å². The second-order valence-electron chi connectivity index (χ2n) is 11.8. The zero-order valence-electron chi connectivity index (χ0n) is 24.5. The van der Waals surface area contributed by atoms with Crippen molar-refractivity contribution in [3.8, 4) is 0 Å². The molecule has 4 aromatic rings. The Bertz CT molecular complexity index is 1550. The van der Waals surface area contributed by atoms with Crippen LogP contribution in [0.1, 0.15) is 17.5 Å². The minimum Gasteiger partial charge on any atom is -0.388 e. The van der Waals surface area contributed by atoms with Crippen LogP contribution >= 0.6 is 0 Å². The molecule has 10 nitrogen and oxygen atoms in total. The highest BCUT2D eigenvalue weighted by molar-refractivity contribution is 5.86. The monoisotopic (exact) mass is 602 g/mol. The van der Waals surface area contributed by atoms with E-state index in [1.807, 2.05) is 84.9 Å². The Labute approximate surface area is 256 Å². The van der Waals surface area contributed by atoms with Gasteiger partial charge in [-0.05, 0) is 39.1 Å². The highest BCUT2D eigenvalue weighted by Crippen LogP contribution is 2.31. The minimum absolute atomic E-state index is 0.0167. The summed E-state index contributed by atoms with van der Waals surface area (Å²) in [6.07, 6.45) is -6.22. The van der Waals surface area contributed by atoms with Crippen LogP contribution in [0.15, 0.2) is 84.9 Å². The quantitative estimate of drug-likeness (QED) is 0.165. The van der Waals surface area contributed by atoms with Crippen molar-refractivity contribution in [1.82, 2.24) is 0 Å². The molecular weight excluding hydrogens is 560 g/mol. The zero-order chi connectivity index (χ0) is 30.8. The van der Waals surface area contributed by atoms with Gasteiger partial charge in [0.25, 0.3) is 0 Å². The van der Waals surface area contributed by atoms with Crippen molar-refractivity contribution >= 4 is 21.5 Å². The molecule has 1 aliphatic carbocycles. The van der Waals surface area contributed by atoms with E-state index in [1.54, 1.807) is 0 Å². The van der Waals surface area contributed by atoms with Crippen LogP contribution in [0.2, 0.25) is 0 Å². The smallest absolute Gasteiger partial charge is 0.176 e. The van der Waals surface area contributed by atoms with E-state index < -0.39 is 61.0 Å². The van der Waals surface area contributed by atoms with Gasteiger partial charge < -0.3 is 52.1 Å². The van der Waals surface area contributed by atoms with Crippen molar-refractivity contribution in [2.75, 3.05) is 6.54 Å². The predicted octanol–water partition coefficient (Wildman–Crippen LogP) is 1.64. The number of benzene rings is 4. The van der Waals surface area contributed by atoms with Crippen molar-refractivity contribution in [1.29, 1.82) is 0 Å². The fourth-order valence-corrected chi connectivity index (χ4v) is 6.51. The Kier molecular flexibility index (Phi) is 9.55. The largest absolute Gasteiger partial charge is 0.388 e. The van der Waals surface area contributed by atoms with Gasteiger partial charge in [0, 0.05) is 18.6 Å². The topological polar surface area (TPSA) is 181 Å². The molecule has 0 aromatic heterocycles. The van der Waals surface area contributed by atoms with E-state index in [0.717, 1.165) is 32.7 Å². The van der Waals surface area contributed by atoms with Gasteiger partial charge in [0.15, 0.2) is 6.29 Å². The summed E-state index contributed by atoms with van der Waals surface area (Å²) in [4.78, 5) is 0. The molecule has 1 heterocycles. The summed E-state index contributed by atoms with van der Waals surface area (Å²) in [5.41, 5.74) is 27.4. The fourth-order valence-electron chi connectivity index (χ4n) is 6.51. The van der Waals surface area contributed by atoms with Crippen LogP contribution in [0.4, 0.5) is 0 Å². The molecule has 2 aliphatic rings. The number of ether oxygens (including phenoxy) is 4. The second-order valence-corrected chi connectivity index (χ2v) is 11.8. The van der Waals surface area contributed by atoms with Gasteiger partial charge in [-0.15, -0.1) is 0 Å². The molecule has 10 atom stereocenters. The summed E-state index contributed by atoms with van der Waals surface area (Å²) in [6, 6.07) is 26.0. The highest BCUT2D eigenvalue weighted by Gasteiger charge is 2.49. The lowest BCUT2D eigenvalue weighted by atomic mass is 9.84. The molecule has 0 bridgehead atoms. The normalized spacial score (nSPS) is 32.7. The zero-order valence-corrected chi connectivity index (χ0v) is 24.5. The van der Waals surface area contributed by atoms with Crippen molar-refractivity contribution in [3.05, 3.63) is 96.1 Å². The van der Waals surface area contributed by atoms with Gasteiger partial charge in [-0.1, -0.05) is 84.9 Å². The predicted molar refractivity (Wildman–Crippen MR) is 168 cm³/mol. The van der Waals surface area contributed by atoms with E-state index in [9.17, 15) is 10.2 Å². The summed E-state index contributed by atoms with van der Waals surface area (Å²) in [5.74, 6) is 0. The summed E-state index contributed by atoms with van der Waals surface area (Å²) in [6.45, 7) is 0.484. The fraction of sp³-hybridized carbons (Fsp3) is 0.412. The van der Waals surface area contributed by atoms with E-state index in [1.165, 1.54) is 0 Å². The van der Waals surface area contributed by atoms with Crippen LogP contribution in [0.3, 0.4) is 0 Å². The molecule has 0 radical (unpaired) electrons. The van der Waals surface area contributed by atoms with Crippen molar-refractivity contribution in [2.24, 2.45) is 22.9 Å². The minimum atomic E-state index is -1.15. The number of aliphatic hydroxyl groups is 2. The van der Waals surface area contributed by atoms with Gasteiger partial charge in [-0.3, -0.25) is 0 Å². The van der Waals surface area contributed by atoms with E-state index in [4.69, 9.17) is 41.9 Å². The number of rotatable bonds is 9. The van der Waals surface area contributed by atoms with Crippen LogP contribution in [-0.4, -0.2) is 77.8 Å². The number of hydrogen-bond donors (Lipinski definition) is 6. The van der Waals surface area contributed by atoms with Gasteiger partial charge in [-0.2, -0.15) is 0 Å². The molecule has 6 rings (SSSR count). The SMILES string of the molecule is NC[C@H]1O[C@H](O[C@H]2[C@H](O)[C@@H](OCc3cccc4ccccc34)[C@H](N)C[C@@H]2N)[C@H](N)[C@@H](OCc2cccc3ccccc23)[C@@H]1O. The number of hydrogen-bond acceptors (Lipinski definition) is 10. The third-order valence-corrected chi connectivity index (χ3v) is 8.93. The van der Waals surface area contributed by atoms with Crippen LogP contribution in [0.5, 0.6) is 0 Å². The first kappa shape index (κ1) is 31.0. The molecule has 234 valence electrons. The molecule has 0 amide bonds. The first-order valence-corrected chi connectivity index (χ1v) is 15.2. The molecule has 1 aliphatic heterocycles. The lowest BCUT2D eigenvalue weighted by Crippen LogP contribution is -2.68. The molecule has 1 saturated carbocycles. The molecule has 2 fully saturated rings.